The number of aromatic nitrogens is 4. The first-order valence-electron chi connectivity index (χ1n) is 9.63. The molecule has 0 N–H and O–H groups in total. The van der Waals surface area contributed by atoms with Crippen LogP contribution in [0.4, 0.5) is 4.79 Å². The fourth-order valence-corrected chi connectivity index (χ4v) is 5.18. The Morgan fingerprint density at radius 1 is 1.41 bits per heavy atom. The van der Waals surface area contributed by atoms with Crippen LogP contribution in [0.1, 0.15) is 28.5 Å². The van der Waals surface area contributed by atoms with Gasteiger partial charge >= 0.3 is 6.03 Å². The van der Waals surface area contributed by atoms with E-state index in [1.54, 1.807) is 22.8 Å². The van der Waals surface area contributed by atoms with Gasteiger partial charge in [0.2, 0.25) is 0 Å². The Balaban J connectivity index is 1.57. The third kappa shape index (κ3) is 3.87. The van der Waals surface area contributed by atoms with Crippen LogP contribution in [0.2, 0.25) is 25.7 Å². The van der Waals surface area contributed by atoms with E-state index in [1.807, 2.05) is 4.57 Å². The number of amides is 2. The minimum atomic E-state index is -1.16. The molecule has 1 fully saturated rings. The van der Waals surface area contributed by atoms with Crippen molar-refractivity contribution < 1.29 is 14.4 Å². The van der Waals surface area contributed by atoms with Crippen LogP contribution >= 0.6 is 11.3 Å². The number of rotatable bonds is 9. The van der Waals surface area contributed by atoms with E-state index in [9.17, 15) is 4.79 Å². The van der Waals surface area contributed by atoms with Gasteiger partial charge in [-0.3, -0.25) is 9.40 Å². The van der Waals surface area contributed by atoms with Gasteiger partial charge < -0.3 is 9.64 Å². The minimum absolute atomic E-state index is 0.162. The third-order valence-electron chi connectivity index (χ3n) is 5.03. The lowest BCUT2D eigenvalue weighted by atomic mass is 10.0. The summed E-state index contributed by atoms with van der Waals surface area (Å²) >= 11 is 1.53. The van der Waals surface area contributed by atoms with E-state index >= 15 is 0 Å². The molecule has 156 valence electrons. The summed E-state index contributed by atoms with van der Waals surface area (Å²) in [7, 11) is -1.16. The van der Waals surface area contributed by atoms with Crippen molar-refractivity contribution in [1.82, 2.24) is 29.7 Å². The van der Waals surface area contributed by atoms with Gasteiger partial charge in [0, 0.05) is 14.7 Å². The predicted molar refractivity (Wildman–Crippen MR) is 111 cm³/mol. The van der Waals surface area contributed by atoms with Crippen LogP contribution in [0.15, 0.2) is 24.5 Å². The van der Waals surface area contributed by atoms with Gasteiger partial charge in [-0.1, -0.05) is 25.7 Å². The number of hydrogen-bond acceptors (Lipinski definition) is 7. The van der Waals surface area contributed by atoms with E-state index < -0.39 is 14.1 Å². The first-order valence-corrected chi connectivity index (χ1v) is 14.2. The van der Waals surface area contributed by atoms with E-state index in [4.69, 9.17) is 9.57 Å². The van der Waals surface area contributed by atoms with Gasteiger partial charge in [-0.2, -0.15) is 5.06 Å². The Morgan fingerprint density at radius 3 is 3.00 bits per heavy atom. The normalized spacial score (nSPS) is 21.0. The summed E-state index contributed by atoms with van der Waals surface area (Å²) in [6.45, 7) is 12.5. The summed E-state index contributed by atoms with van der Waals surface area (Å²) in [6, 6.07) is 0.332. The number of fused-ring (bicyclic) bond motifs is 4. The molecule has 9 nitrogen and oxygen atoms in total. The molecule has 11 heteroatoms. The van der Waals surface area contributed by atoms with Gasteiger partial charge in [0.15, 0.2) is 5.82 Å². The monoisotopic (exact) mass is 434 g/mol. The largest absolute Gasteiger partial charge is 0.361 e. The van der Waals surface area contributed by atoms with Crippen molar-refractivity contribution in [3.05, 3.63) is 40.9 Å². The molecule has 0 saturated carbocycles. The average molecular weight is 435 g/mol. The summed E-state index contributed by atoms with van der Waals surface area (Å²) in [4.78, 5) is 26.0. The zero-order valence-corrected chi connectivity index (χ0v) is 18.8. The average Bonchev–Trinajstić information content (AvgIpc) is 3.38. The highest BCUT2D eigenvalue weighted by atomic mass is 32.1. The quantitative estimate of drug-likeness (QED) is 0.343. The van der Waals surface area contributed by atoms with E-state index in [2.05, 4.69) is 41.4 Å². The SMILES string of the molecule is C=CCON1C(=O)N2CC1c1scnc1[C@H]2c1nncn1COCC[Si](C)(C)C. The van der Waals surface area contributed by atoms with E-state index in [0.29, 0.717) is 25.7 Å². The lowest BCUT2D eigenvalue weighted by molar-refractivity contribution is -0.118. The van der Waals surface area contributed by atoms with Crippen molar-refractivity contribution in [2.75, 3.05) is 19.8 Å². The summed E-state index contributed by atoms with van der Waals surface area (Å²) < 4.78 is 7.75. The van der Waals surface area contributed by atoms with Gasteiger partial charge in [-0.25, -0.2) is 9.78 Å². The standard InChI is InChI=1S/C18H26N6O3SSi/c1-5-6-27-24-13-9-23(18(24)25)15(14-16(13)28-11-19-14)17-21-20-10-22(17)12-26-7-8-29(2,3)4/h5,10-11,13,15H,1,6-9,12H2,2-4H3/t13?,15-/m0/s1. The molecule has 0 aliphatic carbocycles. The number of thiazole rings is 1. The summed E-state index contributed by atoms with van der Waals surface area (Å²) in [5, 5.41) is 9.83. The number of nitrogens with zero attached hydrogens (tertiary/aromatic N) is 6. The second-order valence-electron chi connectivity index (χ2n) is 8.37. The number of urea groups is 1. The van der Waals surface area contributed by atoms with Crippen LogP contribution in [0.25, 0.3) is 0 Å². The topological polar surface area (TPSA) is 85.6 Å². The first-order chi connectivity index (χ1) is 13.9. The number of hydroxylamine groups is 2. The van der Waals surface area contributed by atoms with Gasteiger partial charge in [0.25, 0.3) is 0 Å². The van der Waals surface area contributed by atoms with Crippen LogP contribution in [0.5, 0.6) is 0 Å². The molecule has 2 bridgehead atoms. The van der Waals surface area contributed by atoms with E-state index in [0.717, 1.165) is 16.6 Å². The third-order valence-corrected chi connectivity index (χ3v) is 7.68. The van der Waals surface area contributed by atoms with Gasteiger partial charge in [0.1, 0.15) is 25.1 Å². The summed E-state index contributed by atoms with van der Waals surface area (Å²) in [6.07, 6.45) is 3.28. The zero-order valence-electron chi connectivity index (χ0n) is 16.9. The number of carbonyl (C=O) groups is 1. The molecule has 4 heterocycles. The number of carbonyl (C=O) groups excluding carboxylic acids is 1. The highest BCUT2D eigenvalue weighted by Crippen LogP contribution is 2.47. The van der Waals surface area contributed by atoms with Gasteiger partial charge in [0.05, 0.1) is 29.2 Å². The van der Waals surface area contributed by atoms with E-state index in [-0.39, 0.29) is 18.7 Å². The zero-order chi connectivity index (χ0) is 20.6. The molecule has 2 aliphatic heterocycles. The van der Waals surface area contributed by atoms with Crippen molar-refractivity contribution in [2.45, 2.75) is 44.5 Å². The van der Waals surface area contributed by atoms with Crippen molar-refractivity contribution in [3.8, 4) is 0 Å². The maximum Gasteiger partial charge on any atom is 0.345 e. The molecule has 2 aliphatic rings. The fourth-order valence-electron chi connectivity index (χ4n) is 3.53. The Labute approximate surface area is 174 Å². The molecule has 1 saturated heterocycles. The molecule has 2 aromatic rings. The highest BCUT2D eigenvalue weighted by molar-refractivity contribution is 7.09. The van der Waals surface area contributed by atoms with Crippen LogP contribution in [0, 0.1) is 0 Å². The van der Waals surface area contributed by atoms with Gasteiger partial charge in [-0.05, 0) is 6.04 Å². The maximum atomic E-state index is 13.0. The molecule has 1 unspecified atom stereocenters. The lowest BCUT2D eigenvalue weighted by Crippen LogP contribution is -2.36. The molecule has 4 rings (SSSR count). The molecule has 2 amide bonds. The van der Waals surface area contributed by atoms with Crippen LogP contribution in [-0.4, -0.2) is 63.6 Å². The number of ether oxygens (including phenoxy) is 1. The molecular formula is C18H26N6O3SSi. The Morgan fingerprint density at radius 2 is 2.24 bits per heavy atom. The Bertz CT molecular complexity index is 894. The van der Waals surface area contributed by atoms with E-state index in [1.165, 1.54) is 16.4 Å². The minimum Gasteiger partial charge on any atom is -0.361 e. The molecular weight excluding hydrogens is 408 g/mol. The smallest absolute Gasteiger partial charge is 0.345 e. The molecule has 2 aromatic heterocycles. The predicted octanol–water partition coefficient (Wildman–Crippen LogP) is 3.05. The molecule has 0 radical (unpaired) electrons. The van der Waals surface area contributed by atoms with Crippen LogP contribution in [-0.2, 0) is 16.3 Å². The van der Waals surface area contributed by atoms with Crippen molar-refractivity contribution in [2.24, 2.45) is 0 Å². The van der Waals surface area contributed by atoms with Crippen molar-refractivity contribution in [3.63, 3.8) is 0 Å². The lowest BCUT2D eigenvalue weighted by Gasteiger charge is -2.29. The maximum absolute atomic E-state index is 13.0. The van der Waals surface area contributed by atoms with Crippen molar-refractivity contribution in [1.29, 1.82) is 0 Å². The van der Waals surface area contributed by atoms with Crippen molar-refractivity contribution >= 4 is 25.4 Å². The van der Waals surface area contributed by atoms with Gasteiger partial charge in [-0.15, -0.1) is 28.1 Å². The fraction of sp³-hybridized carbons (Fsp3) is 0.556. The second kappa shape index (κ2) is 7.98. The van der Waals surface area contributed by atoms with Crippen LogP contribution < -0.4 is 0 Å². The summed E-state index contributed by atoms with van der Waals surface area (Å²) in [5.74, 6) is 0.655. The Hall–Kier alpha value is -2.08. The molecule has 0 spiro atoms. The first kappa shape index (κ1) is 20.2. The molecule has 0 aromatic carbocycles. The summed E-state index contributed by atoms with van der Waals surface area (Å²) in [5.41, 5.74) is 2.64. The molecule has 29 heavy (non-hydrogen) atoms. The van der Waals surface area contributed by atoms with Crippen LogP contribution in [0.3, 0.4) is 0 Å². The Kier molecular flexibility index (Phi) is 5.56. The molecule has 2 atom stereocenters. The second-order valence-corrected chi connectivity index (χ2v) is 14.9. The number of hydrogen-bond donors (Lipinski definition) is 0. The highest BCUT2D eigenvalue weighted by Gasteiger charge is 2.52.